The Hall–Kier alpha value is -1.06. The van der Waals surface area contributed by atoms with Gasteiger partial charge >= 0.3 is 0 Å². The van der Waals surface area contributed by atoms with E-state index >= 15 is 0 Å². The van der Waals surface area contributed by atoms with Gasteiger partial charge in [-0.25, -0.2) is 0 Å². The second-order valence-corrected chi connectivity index (χ2v) is 5.16. The van der Waals surface area contributed by atoms with Gasteiger partial charge in [0.15, 0.2) is 0 Å². The quantitative estimate of drug-likeness (QED) is 0.819. The van der Waals surface area contributed by atoms with Crippen LogP contribution in [0.25, 0.3) is 0 Å². The number of ether oxygens (including phenoxy) is 1. The fourth-order valence-electron chi connectivity index (χ4n) is 2.01. The van der Waals surface area contributed by atoms with Crippen LogP contribution < -0.4 is 4.74 Å². The van der Waals surface area contributed by atoms with Gasteiger partial charge in [-0.2, -0.15) is 0 Å². The van der Waals surface area contributed by atoms with Crippen LogP contribution in [0.5, 0.6) is 5.75 Å². The maximum atomic E-state index is 9.99. The third kappa shape index (κ3) is 2.61. The molecule has 3 rings (SSSR count). The lowest BCUT2D eigenvalue weighted by molar-refractivity contribution is 0.00482. The highest BCUT2D eigenvalue weighted by Gasteiger charge is 2.35. The van der Waals surface area contributed by atoms with Crippen LogP contribution in [-0.2, 0) is 0 Å². The molecule has 0 saturated heterocycles. The van der Waals surface area contributed by atoms with E-state index < -0.39 is 12.2 Å². The summed E-state index contributed by atoms with van der Waals surface area (Å²) >= 11 is 0. The first-order valence-electron chi connectivity index (χ1n) is 6.37. The lowest BCUT2D eigenvalue weighted by Crippen LogP contribution is -2.20. The van der Waals surface area contributed by atoms with Crippen LogP contribution in [0.4, 0.5) is 0 Å². The van der Waals surface area contributed by atoms with Crippen LogP contribution in [-0.4, -0.2) is 22.4 Å². The molecule has 92 valence electrons. The fourth-order valence-corrected chi connectivity index (χ4v) is 2.01. The number of benzene rings is 1. The molecule has 1 aromatic rings. The molecule has 2 atom stereocenters. The van der Waals surface area contributed by atoms with E-state index in [4.69, 9.17) is 4.74 Å². The van der Waals surface area contributed by atoms with E-state index in [1.165, 1.54) is 0 Å². The summed E-state index contributed by atoms with van der Waals surface area (Å²) in [6, 6.07) is 7.43. The summed E-state index contributed by atoms with van der Waals surface area (Å²) in [5, 5.41) is 19.8. The minimum atomic E-state index is -0.766. The number of aliphatic hydroxyl groups excluding tert-OH is 2. The molecule has 0 aliphatic heterocycles. The van der Waals surface area contributed by atoms with Gasteiger partial charge in [0.2, 0.25) is 0 Å². The van der Waals surface area contributed by atoms with Crippen molar-refractivity contribution in [2.45, 2.75) is 44.0 Å². The highest BCUT2D eigenvalue weighted by molar-refractivity contribution is 5.29. The standard InChI is InChI=1S/C14H18O3/c15-13(9-1-2-9)14(16)10-3-5-11(6-4-10)17-12-7-8-12/h3-6,9,12-16H,1-2,7-8H2. The van der Waals surface area contributed by atoms with E-state index in [0.717, 1.165) is 37.0 Å². The number of hydrogen-bond donors (Lipinski definition) is 2. The molecule has 3 heteroatoms. The van der Waals surface area contributed by atoms with Gasteiger partial charge in [-0.3, -0.25) is 0 Å². The van der Waals surface area contributed by atoms with Crippen molar-refractivity contribution in [3.8, 4) is 5.75 Å². The van der Waals surface area contributed by atoms with Gasteiger partial charge < -0.3 is 14.9 Å². The predicted molar refractivity (Wildman–Crippen MR) is 63.8 cm³/mol. The molecule has 0 aromatic heterocycles. The normalized spacial score (nSPS) is 23.2. The SMILES string of the molecule is OC(c1ccc(OC2CC2)cc1)C(O)C1CC1. The van der Waals surface area contributed by atoms with Crippen molar-refractivity contribution in [2.24, 2.45) is 5.92 Å². The zero-order valence-electron chi connectivity index (χ0n) is 9.75. The van der Waals surface area contributed by atoms with Gasteiger partial charge in [0.1, 0.15) is 11.9 Å². The van der Waals surface area contributed by atoms with Crippen LogP contribution in [0.3, 0.4) is 0 Å². The lowest BCUT2D eigenvalue weighted by atomic mass is 10.0. The molecule has 0 amide bonds. The Morgan fingerprint density at radius 1 is 1.00 bits per heavy atom. The van der Waals surface area contributed by atoms with E-state index in [1.54, 1.807) is 0 Å². The van der Waals surface area contributed by atoms with Crippen LogP contribution in [0.2, 0.25) is 0 Å². The molecular weight excluding hydrogens is 216 g/mol. The first-order chi connectivity index (χ1) is 8.24. The minimum Gasteiger partial charge on any atom is -0.490 e. The molecular formula is C14H18O3. The van der Waals surface area contributed by atoms with Gasteiger partial charge in [0.25, 0.3) is 0 Å². The molecule has 2 aliphatic carbocycles. The highest BCUT2D eigenvalue weighted by atomic mass is 16.5. The number of hydrogen-bond acceptors (Lipinski definition) is 3. The van der Waals surface area contributed by atoms with Gasteiger partial charge in [-0.1, -0.05) is 12.1 Å². The van der Waals surface area contributed by atoms with Crippen molar-refractivity contribution in [1.29, 1.82) is 0 Å². The smallest absolute Gasteiger partial charge is 0.119 e. The Balaban J connectivity index is 1.65. The van der Waals surface area contributed by atoms with Gasteiger partial charge in [-0.05, 0) is 49.3 Å². The summed E-state index contributed by atoms with van der Waals surface area (Å²) in [7, 11) is 0. The maximum Gasteiger partial charge on any atom is 0.119 e. The lowest BCUT2D eigenvalue weighted by Gasteiger charge is -2.17. The molecule has 2 unspecified atom stereocenters. The molecule has 0 radical (unpaired) electrons. The second kappa shape index (κ2) is 4.31. The maximum absolute atomic E-state index is 9.99. The van der Waals surface area contributed by atoms with Crippen LogP contribution in [0.1, 0.15) is 37.4 Å². The summed E-state index contributed by atoms with van der Waals surface area (Å²) in [5.41, 5.74) is 0.771. The Labute approximate surface area is 101 Å². The molecule has 17 heavy (non-hydrogen) atoms. The van der Waals surface area contributed by atoms with Crippen molar-refractivity contribution in [1.82, 2.24) is 0 Å². The highest BCUT2D eigenvalue weighted by Crippen LogP contribution is 2.38. The third-order valence-corrected chi connectivity index (χ3v) is 3.48. The summed E-state index contributed by atoms with van der Waals surface area (Å²) in [4.78, 5) is 0. The molecule has 1 aromatic carbocycles. The van der Waals surface area contributed by atoms with E-state index in [-0.39, 0.29) is 5.92 Å². The zero-order valence-corrected chi connectivity index (χ0v) is 9.75. The van der Waals surface area contributed by atoms with E-state index in [2.05, 4.69) is 0 Å². The van der Waals surface area contributed by atoms with Crippen molar-refractivity contribution >= 4 is 0 Å². The second-order valence-electron chi connectivity index (χ2n) is 5.16. The summed E-state index contributed by atoms with van der Waals surface area (Å²) in [5.74, 6) is 1.14. The average Bonchev–Trinajstić information content (AvgIpc) is 3.21. The fraction of sp³-hybridized carbons (Fsp3) is 0.571. The Morgan fingerprint density at radius 2 is 1.65 bits per heavy atom. The largest absolute Gasteiger partial charge is 0.490 e. The predicted octanol–water partition coefficient (Wildman–Crippen LogP) is 2.03. The van der Waals surface area contributed by atoms with Gasteiger partial charge in [0, 0.05) is 0 Å². The molecule has 0 heterocycles. The van der Waals surface area contributed by atoms with Crippen LogP contribution in [0.15, 0.2) is 24.3 Å². The monoisotopic (exact) mass is 234 g/mol. The molecule has 2 N–H and O–H groups in total. The van der Waals surface area contributed by atoms with Crippen molar-refractivity contribution in [3.63, 3.8) is 0 Å². The summed E-state index contributed by atoms with van der Waals surface area (Å²) in [6.45, 7) is 0. The minimum absolute atomic E-state index is 0.285. The first-order valence-corrected chi connectivity index (χ1v) is 6.37. The van der Waals surface area contributed by atoms with Gasteiger partial charge in [0.05, 0.1) is 12.2 Å². The summed E-state index contributed by atoms with van der Waals surface area (Å²) < 4.78 is 5.64. The van der Waals surface area contributed by atoms with Crippen LogP contribution in [0, 0.1) is 5.92 Å². The van der Waals surface area contributed by atoms with Crippen LogP contribution >= 0.6 is 0 Å². The molecule has 2 saturated carbocycles. The van der Waals surface area contributed by atoms with Crippen molar-refractivity contribution in [3.05, 3.63) is 29.8 Å². The zero-order chi connectivity index (χ0) is 11.8. The van der Waals surface area contributed by atoms with E-state index in [9.17, 15) is 10.2 Å². The number of aliphatic hydroxyl groups is 2. The Morgan fingerprint density at radius 3 is 2.18 bits per heavy atom. The molecule has 2 fully saturated rings. The molecule has 2 aliphatic rings. The first kappa shape index (κ1) is 11.1. The van der Waals surface area contributed by atoms with E-state index in [1.807, 2.05) is 24.3 Å². The van der Waals surface area contributed by atoms with Crippen molar-refractivity contribution in [2.75, 3.05) is 0 Å². The average molecular weight is 234 g/mol. The third-order valence-electron chi connectivity index (χ3n) is 3.48. The van der Waals surface area contributed by atoms with Crippen molar-refractivity contribution < 1.29 is 14.9 Å². The molecule has 0 bridgehead atoms. The van der Waals surface area contributed by atoms with E-state index in [0.29, 0.717) is 6.10 Å². The summed E-state index contributed by atoms with van der Waals surface area (Å²) in [6.07, 6.45) is 3.35. The molecule has 0 spiro atoms. The molecule has 3 nitrogen and oxygen atoms in total. The Kier molecular flexibility index (Phi) is 2.81. The number of rotatable bonds is 5. The van der Waals surface area contributed by atoms with Gasteiger partial charge in [-0.15, -0.1) is 0 Å². The topological polar surface area (TPSA) is 49.7 Å². The Bertz CT molecular complexity index is 379.